The molecule has 0 unspecified atom stereocenters. The number of amides is 1. The monoisotopic (exact) mass is 328 g/mol. The summed E-state index contributed by atoms with van der Waals surface area (Å²) in [5.41, 5.74) is 1.18. The Morgan fingerprint density at radius 3 is 2.92 bits per heavy atom. The van der Waals surface area contributed by atoms with Gasteiger partial charge in [0.2, 0.25) is 0 Å². The summed E-state index contributed by atoms with van der Waals surface area (Å²) in [6, 6.07) is 2.13. The van der Waals surface area contributed by atoms with Gasteiger partial charge in [0.1, 0.15) is 5.82 Å². The smallest absolute Gasteiger partial charge is 0.290 e. The van der Waals surface area contributed by atoms with Crippen molar-refractivity contribution in [3.8, 4) is 0 Å². The molecule has 2 aromatic heterocycles. The van der Waals surface area contributed by atoms with E-state index in [0.29, 0.717) is 12.3 Å². The number of hydrogen-bond acceptors (Lipinski definition) is 4. The molecule has 1 aliphatic heterocycles. The van der Waals surface area contributed by atoms with Gasteiger partial charge in [0.05, 0.1) is 12.8 Å². The van der Waals surface area contributed by atoms with Crippen LogP contribution in [0.5, 0.6) is 0 Å². The molecule has 24 heavy (non-hydrogen) atoms. The number of piperidine rings is 1. The van der Waals surface area contributed by atoms with E-state index in [1.165, 1.54) is 0 Å². The maximum atomic E-state index is 13.2. The van der Waals surface area contributed by atoms with Crippen LogP contribution in [0, 0.1) is 12.3 Å². The number of rotatable bonds is 4. The quantitative estimate of drug-likeness (QED) is 0.934. The first-order valence-corrected chi connectivity index (χ1v) is 8.63. The summed E-state index contributed by atoms with van der Waals surface area (Å²) < 4.78 is 7.46. The maximum Gasteiger partial charge on any atom is 0.290 e. The number of imidazole rings is 1. The highest BCUT2D eigenvalue weighted by molar-refractivity contribution is 5.93. The van der Waals surface area contributed by atoms with E-state index in [2.05, 4.69) is 10.3 Å². The first kappa shape index (κ1) is 15.4. The van der Waals surface area contributed by atoms with E-state index in [9.17, 15) is 4.79 Å². The highest BCUT2D eigenvalue weighted by Gasteiger charge is 2.58. The van der Waals surface area contributed by atoms with Gasteiger partial charge in [-0.15, -0.1) is 0 Å². The van der Waals surface area contributed by atoms with Gasteiger partial charge in [-0.05, 0) is 50.8 Å². The van der Waals surface area contributed by atoms with Gasteiger partial charge in [-0.25, -0.2) is 4.98 Å². The fraction of sp³-hybridized carbons (Fsp3) is 0.556. The van der Waals surface area contributed by atoms with E-state index in [0.717, 1.165) is 43.7 Å². The zero-order chi connectivity index (χ0) is 16.7. The van der Waals surface area contributed by atoms with Gasteiger partial charge in [0, 0.05) is 31.0 Å². The zero-order valence-electron chi connectivity index (χ0n) is 14.3. The molecule has 3 heterocycles. The second-order valence-corrected chi connectivity index (χ2v) is 7.15. The number of aryl methyl sites for hydroxylation is 2. The molecule has 2 fully saturated rings. The van der Waals surface area contributed by atoms with Crippen LogP contribution >= 0.6 is 0 Å². The van der Waals surface area contributed by atoms with Crippen molar-refractivity contribution < 1.29 is 9.21 Å². The predicted octanol–water partition coefficient (Wildman–Crippen LogP) is 2.11. The number of nitrogens with one attached hydrogen (secondary N) is 1. The summed E-state index contributed by atoms with van der Waals surface area (Å²) in [6.07, 6.45) is 8.66. The van der Waals surface area contributed by atoms with E-state index in [1.807, 2.05) is 35.7 Å². The van der Waals surface area contributed by atoms with Crippen LogP contribution in [0.15, 0.2) is 29.1 Å². The normalized spacial score (nSPS) is 21.8. The minimum atomic E-state index is -0.0130. The van der Waals surface area contributed by atoms with Gasteiger partial charge in [-0.3, -0.25) is 4.79 Å². The first-order chi connectivity index (χ1) is 11.6. The lowest BCUT2D eigenvalue weighted by molar-refractivity contribution is 0.0652. The van der Waals surface area contributed by atoms with Crippen molar-refractivity contribution in [2.24, 2.45) is 12.5 Å². The van der Waals surface area contributed by atoms with Crippen LogP contribution in [0.25, 0.3) is 0 Å². The van der Waals surface area contributed by atoms with Gasteiger partial charge < -0.3 is 19.2 Å². The molecule has 0 bridgehead atoms. The fourth-order valence-corrected chi connectivity index (χ4v) is 3.98. The van der Waals surface area contributed by atoms with Crippen LogP contribution in [0.3, 0.4) is 0 Å². The van der Waals surface area contributed by atoms with E-state index < -0.39 is 0 Å². The topological polar surface area (TPSA) is 63.3 Å². The highest BCUT2D eigenvalue weighted by atomic mass is 16.3. The standard InChI is InChI=1S/C18H24N4O2/c1-13-3-10-24-16(13)17(23)22(12-15-20-8-9-21(15)2)14-11-18(14)4-6-19-7-5-18/h3,8-10,14,19H,4-7,11-12H2,1-2H3/t14-/m0/s1. The first-order valence-electron chi connectivity index (χ1n) is 8.63. The Bertz CT molecular complexity index is 742. The van der Waals surface area contributed by atoms with Crippen LogP contribution in [0.1, 0.15) is 41.2 Å². The Morgan fingerprint density at radius 1 is 1.50 bits per heavy atom. The maximum absolute atomic E-state index is 13.2. The third-order valence-electron chi connectivity index (χ3n) is 5.67. The predicted molar refractivity (Wildman–Crippen MR) is 89.5 cm³/mol. The summed E-state index contributed by atoms with van der Waals surface area (Å²) in [6.45, 7) is 4.53. The number of carbonyl (C=O) groups is 1. The third-order valence-corrected chi connectivity index (χ3v) is 5.67. The Morgan fingerprint density at radius 2 is 2.29 bits per heavy atom. The lowest BCUT2D eigenvalue weighted by Crippen LogP contribution is -2.39. The second-order valence-electron chi connectivity index (χ2n) is 7.15. The molecule has 1 saturated heterocycles. The minimum absolute atomic E-state index is 0.0130. The van der Waals surface area contributed by atoms with E-state index in [4.69, 9.17) is 4.42 Å². The molecule has 1 amide bonds. The van der Waals surface area contributed by atoms with Gasteiger partial charge >= 0.3 is 0 Å². The van der Waals surface area contributed by atoms with Crippen molar-refractivity contribution in [2.75, 3.05) is 13.1 Å². The summed E-state index contributed by atoms with van der Waals surface area (Å²) in [5.74, 6) is 1.35. The van der Waals surface area contributed by atoms with Crippen LogP contribution in [0.4, 0.5) is 0 Å². The van der Waals surface area contributed by atoms with Crippen molar-refractivity contribution in [2.45, 2.75) is 38.8 Å². The molecule has 1 N–H and O–H groups in total. The Kier molecular flexibility index (Phi) is 3.72. The largest absolute Gasteiger partial charge is 0.459 e. The number of aromatic nitrogens is 2. The van der Waals surface area contributed by atoms with Crippen LogP contribution in [-0.4, -0.2) is 39.5 Å². The molecule has 6 nitrogen and oxygen atoms in total. The Hall–Kier alpha value is -2.08. The summed E-state index contributed by atoms with van der Waals surface area (Å²) in [4.78, 5) is 19.5. The van der Waals surface area contributed by atoms with Crippen LogP contribution in [-0.2, 0) is 13.6 Å². The van der Waals surface area contributed by atoms with E-state index >= 15 is 0 Å². The third kappa shape index (κ3) is 2.55. The van der Waals surface area contributed by atoms with Gasteiger partial charge in [0.15, 0.2) is 5.76 Å². The molecule has 2 aromatic rings. The van der Waals surface area contributed by atoms with Gasteiger partial charge in [0.25, 0.3) is 5.91 Å². The second kappa shape index (κ2) is 5.77. The molecule has 1 atom stereocenters. The summed E-state index contributed by atoms with van der Waals surface area (Å²) in [5, 5.41) is 3.42. The summed E-state index contributed by atoms with van der Waals surface area (Å²) >= 11 is 0. The van der Waals surface area contributed by atoms with Crippen LogP contribution < -0.4 is 5.32 Å². The molecule has 128 valence electrons. The molecule has 1 saturated carbocycles. The van der Waals surface area contributed by atoms with Gasteiger partial charge in [-0.2, -0.15) is 0 Å². The number of furan rings is 1. The average molecular weight is 328 g/mol. The summed E-state index contributed by atoms with van der Waals surface area (Å²) in [7, 11) is 1.97. The molecule has 0 aromatic carbocycles. The van der Waals surface area contributed by atoms with Crippen LogP contribution in [0.2, 0.25) is 0 Å². The van der Waals surface area contributed by atoms with Crippen molar-refractivity contribution >= 4 is 5.91 Å². The lowest BCUT2D eigenvalue weighted by atomic mass is 9.93. The Balaban J connectivity index is 1.62. The highest BCUT2D eigenvalue weighted by Crippen LogP contribution is 2.56. The molecule has 1 aliphatic carbocycles. The molecular weight excluding hydrogens is 304 g/mol. The van der Waals surface area contributed by atoms with E-state index in [1.54, 1.807) is 12.5 Å². The van der Waals surface area contributed by atoms with Crippen molar-refractivity contribution in [3.63, 3.8) is 0 Å². The minimum Gasteiger partial charge on any atom is -0.459 e. The fourth-order valence-electron chi connectivity index (χ4n) is 3.98. The lowest BCUT2D eigenvalue weighted by Gasteiger charge is -2.29. The average Bonchev–Trinajstić information content (AvgIpc) is 2.91. The molecule has 1 spiro atoms. The van der Waals surface area contributed by atoms with Crippen molar-refractivity contribution in [1.82, 2.24) is 19.8 Å². The van der Waals surface area contributed by atoms with Gasteiger partial charge in [-0.1, -0.05) is 0 Å². The zero-order valence-corrected chi connectivity index (χ0v) is 14.3. The molecule has 0 radical (unpaired) electrons. The molecule has 2 aliphatic rings. The van der Waals surface area contributed by atoms with Crippen molar-refractivity contribution in [1.29, 1.82) is 0 Å². The molecule has 4 rings (SSSR count). The molecule has 6 heteroatoms. The number of hydrogen-bond donors (Lipinski definition) is 1. The molecular formula is C18H24N4O2. The Labute approximate surface area is 141 Å². The number of nitrogens with zero attached hydrogens (tertiary/aromatic N) is 3. The van der Waals surface area contributed by atoms with Crippen molar-refractivity contribution in [3.05, 3.63) is 41.9 Å². The number of carbonyl (C=O) groups excluding carboxylic acids is 1. The van der Waals surface area contributed by atoms with E-state index in [-0.39, 0.29) is 17.4 Å². The SMILES string of the molecule is Cc1ccoc1C(=O)N(Cc1nccn1C)[C@H]1CC12CCNCC2.